The van der Waals surface area contributed by atoms with E-state index in [2.05, 4.69) is 12.2 Å². The van der Waals surface area contributed by atoms with Gasteiger partial charge in [0.2, 0.25) is 5.91 Å². The van der Waals surface area contributed by atoms with E-state index in [4.69, 9.17) is 0 Å². The Kier molecular flexibility index (Phi) is 17.4. The highest BCUT2D eigenvalue weighted by molar-refractivity contribution is 5.78. The minimum Gasteiger partial charge on any atom is -0.392 e. The summed E-state index contributed by atoms with van der Waals surface area (Å²) in [5, 5.41) is 12.2. The first-order valence-corrected chi connectivity index (χ1v) is 10.6. The van der Waals surface area contributed by atoms with Crippen LogP contribution in [0.1, 0.15) is 111 Å². The fraction of sp³-hybridized carbons (Fsp3) is 0.864. The van der Waals surface area contributed by atoms with Crippen molar-refractivity contribution in [2.24, 2.45) is 0 Å². The number of aliphatic hydroxyl groups excluding tert-OH is 1. The maximum Gasteiger partial charge on any atom is 0.224 e. The van der Waals surface area contributed by atoms with Gasteiger partial charge in [0.1, 0.15) is 0 Å². The first kappa shape index (κ1) is 24.2. The van der Waals surface area contributed by atoms with Gasteiger partial charge < -0.3 is 10.4 Å². The van der Waals surface area contributed by atoms with Crippen molar-refractivity contribution < 1.29 is 9.90 Å². The first-order chi connectivity index (χ1) is 12.1. The number of nitrogens with one attached hydrogen (secondary N) is 1. The Bertz CT molecular complexity index is 346. The number of allylic oxidation sites excluding steroid dienone is 1. The average Bonchev–Trinajstić information content (AvgIpc) is 2.59. The number of carbonyl (C=O) groups excluding carboxylic acids is 1. The molecular weight excluding hydrogens is 310 g/mol. The van der Waals surface area contributed by atoms with E-state index in [0.717, 1.165) is 24.1 Å². The van der Waals surface area contributed by atoms with Gasteiger partial charge in [0.05, 0.1) is 13.0 Å². The smallest absolute Gasteiger partial charge is 0.224 e. The van der Waals surface area contributed by atoms with E-state index in [1.165, 1.54) is 77.0 Å². The molecule has 0 bridgehead atoms. The van der Waals surface area contributed by atoms with E-state index in [1.807, 2.05) is 13.8 Å². The highest BCUT2D eigenvalue weighted by Crippen LogP contribution is 2.12. The van der Waals surface area contributed by atoms with E-state index < -0.39 is 0 Å². The fourth-order valence-electron chi connectivity index (χ4n) is 3.02. The second kappa shape index (κ2) is 18.0. The van der Waals surface area contributed by atoms with E-state index in [-0.39, 0.29) is 12.5 Å². The molecule has 25 heavy (non-hydrogen) atoms. The molecule has 1 amide bonds. The Labute approximate surface area is 156 Å². The van der Waals surface area contributed by atoms with Crippen LogP contribution < -0.4 is 5.32 Å². The standard InChI is InChI=1S/C22H43NO2/c1-4-5-6-7-8-9-10-11-12-13-14-15-16-17-23-22(25)18-21(19-24)20(2)3/h24H,4-19H2,1-3H3,(H,23,25). The second-order valence-corrected chi connectivity index (χ2v) is 7.53. The Hall–Kier alpha value is -0.830. The zero-order valence-corrected chi connectivity index (χ0v) is 17.2. The summed E-state index contributed by atoms with van der Waals surface area (Å²) in [7, 11) is 0. The molecule has 0 aromatic carbocycles. The van der Waals surface area contributed by atoms with Gasteiger partial charge in [-0.15, -0.1) is 0 Å². The summed E-state index contributed by atoms with van der Waals surface area (Å²) < 4.78 is 0. The summed E-state index contributed by atoms with van der Waals surface area (Å²) in [5.41, 5.74) is 1.88. The summed E-state index contributed by atoms with van der Waals surface area (Å²) in [4.78, 5) is 11.8. The van der Waals surface area contributed by atoms with Crippen molar-refractivity contribution in [1.82, 2.24) is 5.32 Å². The molecule has 0 saturated heterocycles. The fourth-order valence-corrected chi connectivity index (χ4v) is 3.02. The molecule has 0 rings (SSSR count). The average molecular weight is 354 g/mol. The van der Waals surface area contributed by atoms with Crippen molar-refractivity contribution in [1.29, 1.82) is 0 Å². The third-order valence-corrected chi connectivity index (χ3v) is 4.87. The van der Waals surface area contributed by atoms with Crippen LogP contribution in [-0.2, 0) is 4.79 Å². The number of carbonyl (C=O) groups is 1. The van der Waals surface area contributed by atoms with Crippen molar-refractivity contribution in [3.05, 3.63) is 11.1 Å². The lowest BCUT2D eigenvalue weighted by Gasteiger charge is -2.08. The van der Waals surface area contributed by atoms with Crippen LogP contribution >= 0.6 is 0 Å². The predicted octanol–water partition coefficient (Wildman–Crippen LogP) is 5.91. The SMILES string of the molecule is CCCCCCCCCCCCCCCNC(=O)CC(CO)=C(C)C. The molecule has 0 aromatic heterocycles. The van der Waals surface area contributed by atoms with Crippen molar-refractivity contribution in [2.45, 2.75) is 111 Å². The number of hydrogen-bond acceptors (Lipinski definition) is 2. The van der Waals surface area contributed by atoms with Crippen molar-refractivity contribution in [3.63, 3.8) is 0 Å². The Morgan fingerprint density at radius 2 is 1.20 bits per heavy atom. The number of rotatable bonds is 17. The van der Waals surface area contributed by atoms with Gasteiger partial charge in [-0.2, -0.15) is 0 Å². The van der Waals surface area contributed by atoms with Gasteiger partial charge in [-0.1, -0.05) is 89.5 Å². The molecule has 0 radical (unpaired) electrons. The van der Waals surface area contributed by atoms with E-state index in [0.29, 0.717) is 6.42 Å². The van der Waals surface area contributed by atoms with E-state index >= 15 is 0 Å². The zero-order chi connectivity index (χ0) is 18.8. The molecule has 2 N–H and O–H groups in total. The molecule has 148 valence electrons. The molecule has 0 unspecified atom stereocenters. The van der Waals surface area contributed by atoms with Crippen LogP contribution in [0, 0.1) is 0 Å². The Morgan fingerprint density at radius 1 is 0.760 bits per heavy atom. The molecule has 0 aromatic rings. The second-order valence-electron chi connectivity index (χ2n) is 7.53. The number of amides is 1. The molecular formula is C22H43NO2. The van der Waals surface area contributed by atoms with Gasteiger partial charge in [0.25, 0.3) is 0 Å². The summed E-state index contributed by atoms with van der Waals surface area (Å²) in [6.07, 6.45) is 17.8. The minimum absolute atomic E-state index is 0.0194. The van der Waals surface area contributed by atoms with Crippen LogP contribution in [0.4, 0.5) is 0 Å². The third-order valence-electron chi connectivity index (χ3n) is 4.87. The first-order valence-electron chi connectivity index (χ1n) is 10.6. The van der Waals surface area contributed by atoms with Crippen LogP contribution in [0.25, 0.3) is 0 Å². The monoisotopic (exact) mass is 353 g/mol. The van der Waals surface area contributed by atoms with Gasteiger partial charge in [-0.3, -0.25) is 4.79 Å². The molecule has 0 fully saturated rings. The normalized spacial score (nSPS) is 10.7. The quantitative estimate of drug-likeness (QED) is 0.252. The largest absolute Gasteiger partial charge is 0.392 e. The van der Waals surface area contributed by atoms with Gasteiger partial charge in [0.15, 0.2) is 0 Å². The molecule has 0 aliphatic heterocycles. The number of hydrogen-bond donors (Lipinski definition) is 2. The lowest BCUT2D eigenvalue weighted by molar-refractivity contribution is -0.120. The third kappa shape index (κ3) is 16.4. The van der Waals surface area contributed by atoms with Crippen molar-refractivity contribution in [3.8, 4) is 0 Å². The van der Waals surface area contributed by atoms with E-state index in [1.54, 1.807) is 0 Å². The zero-order valence-electron chi connectivity index (χ0n) is 17.2. The molecule has 3 nitrogen and oxygen atoms in total. The molecule has 0 aliphatic carbocycles. The van der Waals surface area contributed by atoms with Crippen LogP contribution in [0.5, 0.6) is 0 Å². The minimum atomic E-state index is -0.0194. The molecule has 0 aliphatic rings. The van der Waals surface area contributed by atoms with Crippen molar-refractivity contribution in [2.75, 3.05) is 13.2 Å². The van der Waals surface area contributed by atoms with E-state index in [9.17, 15) is 9.90 Å². The maximum absolute atomic E-state index is 11.8. The maximum atomic E-state index is 11.8. The van der Waals surface area contributed by atoms with Crippen LogP contribution in [-0.4, -0.2) is 24.2 Å². The topological polar surface area (TPSA) is 49.3 Å². The van der Waals surface area contributed by atoms with Crippen LogP contribution in [0.2, 0.25) is 0 Å². The summed E-state index contributed by atoms with van der Waals surface area (Å²) in [5.74, 6) is 0.0317. The summed E-state index contributed by atoms with van der Waals surface area (Å²) in [6.45, 7) is 6.88. The Balaban J connectivity index is 3.31. The predicted molar refractivity (Wildman–Crippen MR) is 109 cm³/mol. The van der Waals surface area contributed by atoms with Gasteiger partial charge >= 0.3 is 0 Å². The molecule has 0 atom stereocenters. The van der Waals surface area contributed by atoms with Crippen LogP contribution in [0.15, 0.2) is 11.1 Å². The van der Waals surface area contributed by atoms with Gasteiger partial charge in [0, 0.05) is 6.54 Å². The Morgan fingerprint density at radius 3 is 1.60 bits per heavy atom. The molecule has 0 saturated carbocycles. The molecule has 0 spiro atoms. The molecule has 3 heteroatoms. The van der Waals surface area contributed by atoms with Gasteiger partial charge in [-0.05, 0) is 25.8 Å². The lowest BCUT2D eigenvalue weighted by Crippen LogP contribution is -2.25. The highest BCUT2D eigenvalue weighted by Gasteiger charge is 2.06. The molecule has 0 heterocycles. The lowest BCUT2D eigenvalue weighted by atomic mass is 10.0. The van der Waals surface area contributed by atoms with Gasteiger partial charge in [-0.25, -0.2) is 0 Å². The number of aliphatic hydroxyl groups is 1. The summed E-state index contributed by atoms with van der Waals surface area (Å²) >= 11 is 0. The number of unbranched alkanes of at least 4 members (excludes halogenated alkanes) is 12. The highest BCUT2D eigenvalue weighted by atomic mass is 16.3. The van der Waals surface area contributed by atoms with Crippen LogP contribution in [0.3, 0.4) is 0 Å². The van der Waals surface area contributed by atoms with Crippen molar-refractivity contribution >= 4 is 5.91 Å². The summed E-state index contributed by atoms with van der Waals surface area (Å²) in [6, 6.07) is 0.